The molecule has 0 aromatic heterocycles. The molecule has 0 unspecified atom stereocenters. The van der Waals surface area contributed by atoms with Gasteiger partial charge < -0.3 is 19.8 Å². The molecule has 0 atom stereocenters. The third kappa shape index (κ3) is 69.1. The fourth-order valence-electron chi connectivity index (χ4n) is 8.82. The van der Waals surface area contributed by atoms with Crippen molar-refractivity contribution in [2.75, 3.05) is 0 Å². The fraction of sp³-hybridized carbons (Fsp3) is 0.964. The molecule has 0 aromatic carbocycles. The number of hydrogen-bond acceptors (Lipinski definition) is 4. The first-order valence-corrected chi connectivity index (χ1v) is 27.9. The Morgan fingerprint density at radius 2 is 0.311 bits per heavy atom. The first kappa shape index (κ1) is 65.1. The molecule has 362 valence electrons. The van der Waals surface area contributed by atoms with Crippen LogP contribution >= 0.6 is 0 Å². The van der Waals surface area contributed by atoms with Crippen LogP contribution in [-0.4, -0.2) is 39.2 Å². The molecule has 2 radical (unpaired) electrons. The Hall–Kier alpha value is -0.138. The van der Waals surface area contributed by atoms with E-state index in [9.17, 15) is 19.8 Å². The number of aliphatic carboxylic acids is 2. The summed E-state index contributed by atoms with van der Waals surface area (Å²) < 4.78 is 0. The Balaban J connectivity index is -0.00000109. The summed E-state index contributed by atoms with van der Waals surface area (Å²) in [5, 5.41) is 20.6. The molecular formula is C56H110O4Pb. The monoisotopic (exact) mass is 1050 g/mol. The third-order valence-corrected chi connectivity index (χ3v) is 13.0. The topological polar surface area (TPSA) is 80.3 Å². The predicted octanol–water partition coefficient (Wildman–Crippen LogP) is 17.4. The fourth-order valence-corrected chi connectivity index (χ4v) is 8.82. The van der Waals surface area contributed by atoms with E-state index in [1.165, 1.54) is 295 Å². The summed E-state index contributed by atoms with van der Waals surface area (Å²) in [5.41, 5.74) is 0. The van der Waals surface area contributed by atoms with Crippen LogP contribution in [0.5, 0.6) is 0 Å². The van der Waals surface area contributed by atoms with Gasteiger partial charge in [0.1, 0.15) is 0 Å². The average molecular weight is 1050 g/mol. The van der Waals surface area contributed by atoms with Crippen LogP contribution in [0.4, 0.5) is 0 Å². The van der Waals surface area contributed by atoms with Gasteiger partial charge in [-0.3, -0.25) is 0 Å². The third-order valence-electron chi connectivity index (χ3n) is 13.0. The van der Waals surface area contributed by atoms with E-state index < -0.39 is 11.9 Å². The van der Waals surface area contributed by atoms with E-state index in [2.05, 4.69) is 13.8 Å². The number of carbonyl (C=O) groups is 2. The van der Waals surface area contributed by atoms with Crippen molar-refractivity contribution in [3.8, 4) is 0 Å². The minimum Gasteiger partial charge on any atom is -0.550 e. The number of carbonyl (C=O) groups excluding carboxylic acids is 2. The normalized spacial score (nSPS) is 11.0. The Kier molecular flexibility index (Phi) is 66.2. The second-order valence-electron chi connectivity index (χ2n) is 19.2. The predicted molar refractivity (Wildman–Crippen MR) is 267 cm³/mol. The van der Waals surface area contributed by atoms with E-state index in [4.69, 9.17) is 0 Å². The molecule has 0 aliphatic rings. The summed E-state index contributed by atoms with van der Waals surface area (Å²) in [4.78, 5) is 20.6. The number of hydrogen-bond donors (Lipinski definition) is 0. The van der Waals surface area contributed by atoms with Gasteiger partial charge >= 0.3 is 27.3 Å². The zero-order valence-electron chi connectivity index (χ0n) is 41.9. The summed E-state index contributed by atoms with van der Waals surface area (Å²) in [7, 11) is 0. The number of carboxylic acid groups (broad SMARTS) is 2. The summed E-state index contributed by atoms with van der Waals surface area (Å²) in [6, 6.07) is 0. The van der Waals surface area contributed by atoms with Crippen LogP contribution in [0.3, 0.4) is 0 Å². The number of rotatable bonds is 52. The number of carboxylic acids is 2. The van der Waals surface area contributed by atoms with Crippen molar-refractivity contribution in [2.24, 2.45) is 0 Å². The zero-order chi connectivity index (χ0) is 43.9. The Bertz CT molecular complexity index is 725. The van der Waals surface area contributed by atoms with E-state index in [1.807, 2.05) is 0 Å². The average Bonchev–Trinajstić information content (AvgIpc) is 3.23. The number of unbranched alkanes of at least 4 members (excludes halogenated alkanes) is 48. The summed E-state index contributed by atoms with van der Waals surface area (Å²) in [6.07, 6.45) is 69.3. The molecule has 0 aliphatic carbocycles. The molecule has 0 heterocycles. The minimum atomic E-state index is -0.899. The largest absolute Gasteiger partial charge is 2.00 e. The maximum absolute atomic E-state index is 10.3. The standard InChI is InChI=1S/2C28H56O2.Pb/c2*1-2-3-4-5-6-7-8-9-10-11-12-13-14-15-16-17-18-19-20-21-22-23-24-25-26-27-28(29)30;/h2*2-27H2,1H3,(H,29,30);/q;;+2/p-2. The van der Waals surface area contributed by atoms with Gasteiger partial charge in [-0.25, -0.2) is 0 Å². The molecule has 0 bridgehead atoms. The zero-order valence-corrected chi connectivity index (χ0v) is 45.8. The quantitative estimate of drug-likeness (QED) is 0.0449. The van der Waals surface area contributed by atoms with Gasteiger partial charge in [-0.05, 0) is 25.7 Å². The molecule has 0 spiro atoms. The molecule has 0 amide bonds. The molecule has 5 heteroatoms. The van der Waals surface area contributed by atoms with Crippen LogP contribution < -0.4 is 10.2 Å². The van der Waals surface area contributed by atoms with Gasteiger partial charge in [-0.1, -0.05) is 322 Å². The smallest absolute Gasteiger partial charge is 0.550 e. The second-order valence-corrected chi connectivity index (χ2v) is 19.2. The van der Waals surface area contributed by atoms with Crippen molar-refractivity contribution in [1.29, 1.82) is 0 Å². The molecule has 0 rings (SSSR count). The van der Waals surface area contributed by atoms with E-state index in [0.29, 0.717) is 0 Å². The van der Waals surface area contributed by atoms with Gasteiger partial charge in [0.2, 0.25) is 0 Å². The van der Waals surface area contributed by atoms with Crippen LogP contribution in [0.25, 0.3) is 0 Å². The Morgan fingerprint density at radius 1 is 0.213 bits per heavy atom. The van der Waals surface area contributed by atoms with Gasteiger partial charge in [0, 0.05) is 11.9 Å². The molecule has 0 saturated heterocycles. The molecule has 0 saturated carbocycles. The van der Waals surface area contributed by atoms with Crippen molar-refractivity contribution >= 4 is 39.2 Å². The molecule has 0 aromatic rings. The molecule has 0 fully saturated rings. The molecule has 4 nitrogen and oxygen atoms in total. The van der Waals surface area contributed by atoms with Gasteiger partial charge in [-0.2, -0.15) is 0 Å². The molecular weight excluding hydrogens is 944 g/mol. The minimum absolute atomic E-state index is 0. The molecule has 61 heavy (non-hydrogen) atoms. The van der Waals surface area contributed by atoms with Crippen LogP contribution in [0, 0.1) is 0 Å². The summed E-state index contributed by atoms with van der Waals surface area (Å²) in [5.74, 6) is -1.80. The van der Waals surface area contributed by atoms with Gasteiger partial charge in [0.25, 0.3) is 0 Å². The van der Waals surface area contributed by atoms with Crippen molar-refractivity contribution in [3.63, 3.8) is 0 Å². The molecule has 0 aliphatic heterocycles. The molecule has 0 N–H and O–H groups in total. The van der Waals surface area contributed by atoms with Gasteiger partial charge in [0.15, 0.2) is 0 Å². The van der Waals surface area contributed by atoms with Crippen molar-refractivity contribution in [3.05, 3.63) is 0 Å². The van der Waals surface area contributed by atoms with E-state index in [1.54, 1.807) is 0 Å². The van der Waals surface area contributed by atoms with Crippen molar-refractivity contribution in [2.45, 2.75) is 348 Å². The van der Waals surface area contributed by atoms with E-state index in [-0.39, 0.29) is 40.1 Å². The second kappa shape index (κ2) is 61.9. The van der Waals surface area contributed by atoms with Gasteiger partial charge in [-0.15, -0.1) is 0 Å². The first-order valence-electron chi connectivity index (χ1n) is 27.9. The van der Waals surface area contributed by atoms with Crippen molar-refractivity contribution < 1.29 is 19.8 Å². The van der Waals surface area contributed by atoms with Crippen LogP contribution in [0.1, 0.15) is 348 Å². The van der Waals surface area contributed by atoms with Gasteiger partial charge in [0.05, 0.1) is 0 Å². The Morgan fingerprint density at radius 3 is 0.410 bits per heavy atom. The Labute approximate surface area is 404 Å². The summed E-state index contributed by atoms with van der Waals surface area (Å²) >= 11 is 0. The maximum atomic E-state index is 10.3. The SMILES string of the molecule is CCCCCCCCCCCCCCCCCCCCCCCCCCCC(=O)[O-].CCCCCCCCCCCCCCCCCCCCCCCCCCCC(=O)[O-].[Pb+2]. The van der Waals surface area contributed by atoms with Crippen molar-refractivity contribution in [1.82, 2.24) is 0 Å². The van der Waals surface area contributed by atoms with Crippen LogP contribution in [0.15, 0.2) is 0 Å². The van der Waals surface area contributed by atoms with E-state index >= 15 is 0 Å². The van der Waals surface area contributed by atoms with Crippen LogP contribution in [-0.2, 0) is 9.59 Å². The summed E-state index contributed by atoms with van der Waals surface area (Å²) in [6.45, 7) is 4.59. The first-order chi connectivity index (χ1) is 29.5. The van der Waals surface area contributed by atoms with Crippen LogP contribution in [0.2, 0.25) is 0 Å². The maximum Gasteiger partial charge on any atom is 2.00 e. The van der Waals surface area contributed by atoms with E-state index in [0.717, 1.165) is 25.7 Å².